The van der Waals surface area contributed by atoms with Gasteiger partial charge in [0.05, 0.1) is 5.56 Å². The number of hydrogen-bond acceptors (Lipinski definition) is 3. The van der Waals surface area contributed by atoms with Gasteiger partial charge < -0.3 is 11.1 Å². The molecule has 2 nitrogen and oxygen atoms in total. The molecule has 0 spiro atoms. The summed E-state index contributed by atoms with van der Waals surface area (Å²) in [6, 6.07) is 11.2. The largest absolute Gasteiger partial charge is 0.418 e. The van der Waals surface area contributed by atoms with E-state index < -0.39 is 11.7 Å². The van der Waals surface area contributed by atoms with Crippen LogP contribution in [0.3, 0.4) is 0 Å². The van der Waals surface area contributed by atoms with E-state index in [1.54, 1.807) is 11.8 Å². The summed E-state index contributed by atoms with van der Waals surface area (Å²) in [7, 11) is 0. The number of nitrogens with two attached hydrogens (primary N) is 1. The van der Waals surface area contributed by atoms with Gasteiger partial charge in [-0.15, -0.1) is 11.8 Å². The van der Waals surface area contributed by atoms with Gasteiger partial charge in [-0.05, 0) is 48.7 Å². The van der Waals surface area contributed by atoms with Gasteiger partial charge in [0.2, 0.25) is 0 Å². The molecule has 0 fully saturated rings. The summed E-state index contributed by atoms with van der Waals surface area (Å²) >= 11 is 1.60. The lowest BCUT2D eigenvalue weighted by Gasteiger charge is -2.13. The van der Waals surface area contributed by atoms with E-state index in [1.165, 1.54) is 12.1 Å². The summed E-state index contributed by atoms with van der Waals surface area (Å²) < 4.78 is 38.3. The summed E-state index contributed by atoms with van der Waals surface area (Å²) in [5, 5.41) is 2.93. The molecule has 0 saturated heterocycles. The summed E-state index contributed by atoms with van der Waals surface area (Å²) in [6.07, 6.45) is -2.50. The quantitative estimate of drug-likeness (QED) is 0.634. The highest BCUT2D eigenvalue weighted by Crippen LogP contribution is 2.35. The number of halogens is 3. The third-order valence-corrected chi connectivity index (χ3v) is 3.48. The molecule has 2 aromatic rings. The van der Waals surface area contributed by atoms with Crippen molar-refractivity contribution < 1.29 is 13.2 Å². The molecule has 0 unspecified atom stereocenters. The number of nitrogens with one attached hydrogen (secondary N) is 1. The van der Waals surface area contributed by atoms with E-state index >= 15 is 0 Å². The van der Waals surface area contributed by atoms with E-state index in [0.29, 0.717) is 5.69 Å². The first kappa shape index (κ1) is 14.6. The molecule has 3 N–H and O–H groups in total. The van der Waals surface area contributed by atoms with Gasteiger partial charge in [0.15, 0.2) is 0 Å². The van der Waals surface area contributed by atoms with Gasteiger partial charge in [0.25, 0.3) is 0 Å². The molecule has 0 bridgehead atoms. The van der Waals surface area contributed by atoms with Crippen LogP contribution in [-0.4, -0.2) is 6.26 Å². The Bertz CT molecular complexity index is 594. The van der Waals surface area contributed by atoms with Gasteiger partial charge in [0, 0.05) is 22.0 Å². The molecule has 0 heterocycles. The van der Waals surface area contributed by atoms with Crippen molar-refractivity contribution in [2.75, 3.05) is 17.3 Å². The smallest absolute Gasteiger partial charge is 0.398 e. The predicted octanol–water partition coefficient (Wildman–Crippen LogP) is 4.75. The maximum absolute atomic E-state index is 12.8. The van der Waals surface area contributed by atoms with Crippen molar-refractivity contribution in [3.63, 3.8) is 0 Å². The van der Waals surface area contributed by atoms with Gasteiger partial charge in [-0.2, -0.15) is 13.2 Å². The molecule has 0 saturated carbocycles. The minimum atomic E-state index is -4.45. The van der Waals surface area contributed by atoms with Gasteiger partial charge in [-0.25, -0.2) is 0 Å². The second-order valence-electron chi connectivity index (χ2n) is 4.15. The maximum atomic E-state index is 12.8. The van der Waals surface area contributed by atoms with Crippen molar-refractivity contribution in [1.29, 1.82) is 0 Å². The number of benzene rings is 2. The van der Waals surface area contributed by atoms with Crippen LogP contribution in [0.2, 0.25) is 0 Å². The summed E-state index contributed by atoms with van der Waals surface area (Å²) in [5.41, 5.74) is 5.32. The number of nitrogen functional groups attached to an aromatic ring is 1. The summed E-state index contributed by atoms with van der Waals surface area (Å²) in [5.74, 6) is 0. The third kappa shape index (κ3) is 3.39. The fourth-order valence-electron chi connectivity index (χ4n) is 1.72. The Morgan fingerprint density at radius 2 is 1.60 bits per heavy atom. The second-order valence-corrected chi connectivity index (χ2v) is 5.03. The van der Waals surface area contributed by atoms with Crippen LogP contribution in [0.25, 0.3) is 0 Å². The molecule has 0 aliphatic rings. The zero-order valence-electron chi connectivity index (χ0n) is 10.7. The van der Waals surface area contributed by atoms with Crippen molar-refractivity contribution >= 4 is 28.8 Å². The Kier molecular flexibility index (Phi) is 4.13. The second kappa shape index (κ2) is 5.66. The van der Waals surface area contributed by atoms with E-state index in [1.807, 2.05) is 30.5 Å². The molecule has 0 aliphatic carbocycles. The zero-order chi connectivity index (χ0) is 14.8. The van der Waals surface area contributed by atoms with Crippen LogP contribution < -0.4 is 11.1 Å². The number of anilines is 3. The van der Waals surface area contributed by atoms with Crippen LogP contribution in [0, 0.1) is 0 Å². The molecular formula is C14H13F3N2S. The first-order chi connectivity index (χ1) is 9.40. The molecule has 6 heteroatoms. The molecule has 20 heavy (non-hydrogen) atoms. The Labute approximate surface area is 119 Å². The molecule has 2 aromatic carbocycles. The fraction of sp³-hybridized carbons (Fsp3) is 0.143. The molecule has 106 valence electrons. The average Bonchev–Trinajstić information content (AvgIpc) is 2.40. The number of alkyl halides is 3. The predicted molar refractivity (Wildman–Crippen MR) is 77.4 cm³/mol. The minimum Gasteiger partial charge on any atom is -0.398 e. The van der Waals surface area contributed by atoms with Gasteiger partial charge in [-0.1, -0.05) is 0 Å². The molecule has 0 radical (unpaired) electrons. The molecule has 0 aliphatic heterocycles. The van der Waals surface area contributed by atoms with E-state index in [-0.39, 0.29) is 5.69 Å². The summed E-state index contributed by atoms with van der Waals surface area (Å²) in [6.45, 7) is 0. The highest BCUT2D eigenvalue weighted by atomic mass is 32.2. The lowest BCUT2D eigenvalue weighted by atomic mass is 10.1. The fourth-order valence-corrected chi connectivity index (χ4v) is 2.13. The standard InChI is InChI=1S/C14H13F3N2S/c1-20-11-5-2-9(3-6-11)19-10-4-7-13(18)12(8-10)14(15,16)17/h2-8,19H,18H2,1H3. The Hall–Kier alpha value is -1.82. The van der Waals surface area contributed by atoms with Crippen molar-refractivity contribution in [2.45, 2.75) is 11.1 Å². The Morgan fingerprint density at radius 3 is 2.15 bits per heavy atom. The van der Waals surface area contributed by atoms with E-state index in [0.717, 1.165) is 16.6 Å². The van der Waals surface area contributed by atoms with Crippen molar-refractivity contribution in [2.24, 2.45) is 0 Å². The highest BCUT2D eigenvalue weighted by Gasteiger charge is 2.33. The number of thioether (sulfide) groups is 1. The van der Waals surface area contributed by atoms with Crippen LogP contribution in [0.1, 0.15) is 5.56 Å². The van der Waals surface area contributed by atoms with Gasteiger partial charge in [0.1, 0.15) is 0 Å². The lowest BCUT2D eigenvalue weighted by molar-refractivity contribution is -0.136. The van der Waals surface area contributed by atoms with E-state index in [4.69, 9.17) is 5.73 Å². The Balaban J connectivity index is 2.25. The van der Waals surface area contributed by atoms with Crippen LogP contribution >= 0.6 is 11.8 Å². The lowest BCUT2D eigenvalue weighted by Crippen LogP contribution is -2.09. The number of hydrogen-bond donors (Lipinski definition) is 2. The topological polar surface area (TPSA) is 38.0 Å². The van der Waals surface area contributed by atoms with Crippen LogP contribution in [0.15, 0.2) is 47.4 Å². The minimum absolute atomic E-state index is 0.277. The molecule has 0 aromatic heterocycles. The molecular weight excluding hydrogens is 285 g/mol. The monoisotopic (exact) mass is 298 g/mol. The third-order valence-electron chi connectivity index (χ3n) is 2.74. The van der Waals surface area contributed by atoms with Crippen LogP contribution in [0.5, 0.6) is 0 Å². The van der Waals surface area contributed by atoms with Crippen molar-refractivity contribution in [3.05, 3.63) is 48.0 Å². The Morgan fingerprint density at radius 1 is 1.00 bits per heavy atom. The van der Waals surface area contributed by atoms with Crippen molar-refractivity contribution in [1.82, 2.24) is 0 Å². The molecule has 0 amide bonds. The normalized spacial score (nSPS) is 11.4. The van der Waals surface area contributed by atoms with E-state index in [2.05, 4.69) is 5.32 Å². The van der Waals surface area contributed by atoms with Gasteiger partial charge in [-0.3, -0.25) is 0 Å². The maximum Gasteiger partial charge on any atom is 0.418 e. The van der Waals surface area contributed by atoms with Gasteiger partial charge >= 0.3 is 6.18 Å². The number of rotatable bonds is 3. The SMILES string of the molecule is CSc1ccc(Nc2ccc(N)c(C(F)(F)F)c2)cc1. The molecule has 0 atom stereocenters. The first-order valence-corrected chi connectivity index (χ1v) is 7.00. The summed E-state index contributed by atoms with van der Waals surface area (Å²) in [4.78, 5) is 1.09. The van der Waals surface area contributed by atoms with Crippen LogP contribution in [0.4, 0.5) is 30.2 Å². The first-order valence-electron chi connectivity index (χ1n) is 5.78. The average molecular weight is 298 g/mol. The highest BCUT2D eigenvalue weighted by molar-refractivity contribution is 7.98. The van der Waals surface area contributed by atoms with E-state index in [9.17, 15) is 13.2 Å². The van der Waals surface area contributed by atoms with Crippen molar-refractivity contribution in [3.8, 4) is 0 Å². The van der Waals surface area contributed by atoms with Crippen LogP contribution in [-0.2, 0) is 6.18 Å². The zero-order valence-corrected chi connectivity index (χ0v) is 11.5. The molecule has 2 rings (SSSR count).